The number of anilines is 1. The number of rotatable bonds is 6. The fourth-order valence-corrected chi connectivity index (χ4v) is 2.10. The average molecular weight is 318 g/mol. The highest BCUT2D eigenvalue weighted by Crippen LogP contribution is 2.17. The summed E-state index contributed by atoms with van der Waals surface area (Å²) in [4.78, 5) is 16.1. The monoisotopic (exact) mass is 317 g/mol. The zero-order valence-corrected chi connectivity index (χ0v) is 13.5. The Morgan fingerprint density at radius 2 is 2.05 bits per heavy atom. The second-order valence-electron chi connectivity index (χ2n) is 5.51. The number of carbonyl (C=O) groups is 1. The molecule has 1 aromatic heterocycles. The number of aromatic nitrogens is 1. The molecule has 0 spiro atoms. The van der Waals surface area contributed by atoms with E-state index in [9.17, 15) is 4.79 Å². The van der Waals surface area contributed by atoms with Gasteiger partial charge in [0.15, 0.2) is 0 Å². The number of nitrogens with zero attached hydrogens (tertiary/aromatic N) is 1. The molecule has 0 aliphatic rings. The molecule has 1 heterocycles. The molecule has 116 valence electrons. The fraction of sp³-hybridized carbons (Fsp3) is 0.294. The molecule has 0 unspecified atom stereocenters. The van der Waals surface area contributed by atoms with Crippen molar-refractivity contribution in [1.82, 2.24) is 10.3 Å². The van der Waals surface area contributed by atoms with Crippen molar-refractivity contribution in [3.8, 4) is 0 Å². The first-order valence-corrected chi connectivity index (χ1v) is 7.64. The molecule has 0 aliphatic heterocycles. The molecule has 4 nitrogen and oxygen atoms in total. The van der Waals surface area contributed by atoms with Gasteiger partial charge < -0.3 is 10.6 Å². The zero-order valence-electron chi connectivity index (χ0n) is 12.8. The molecule has 22 heavy (non-hydrogen) atoms. The lowest BCUT2D eigenvalue weighted by atomic mass is 10.2. The van der Waals surface area contributed by atoms with Gasteiger partial charge >= 0.3 is 0 Å². The van der Waals surface area contributed by atoms with Gasteiger partial charge in [-0.2, -0.15) is 0 Å². The van der Waals surface area contributed by atoms with Crippen molar-refractivity contribution in [3.05, 3.63) is 58.9 Å². The normalized spacial score (nSPS) is 10.5. The summed E-state index contributed by atoms with van der Waals surface area (Å²) in [6, 6.07) is 9.44. The summed E-state index contributed by atoms with van der Waals surface area (Å²) in [5.74, 6) is 0.307. The highest BCUT2D eigenvalue weighted by atomic mass is 35.5. The fourth-order valence-electron chi connectivity index (χ4n) is 1.90. The summed E-state index contributed by atoms with van der Waals surface area (Å²) in [7, 11) is 0. The lowest BCUT2D eigenvalue weighted by molar-refractivity contribution is 0.0948. The first-order chi connectivity index (χ1) is 10.6. The number of hydrogen-bond acceptors (Lipinski definition) is 3. The van der Waals surface area contributed by atoms with Gasteiger partial charge in [0.1, 0.15) is 0 Å². The van der Waals surface area contributed by atoms with Crippen LogP contribution >= 0.6 is 11.6 Å². The van der Waals surface area contributed by atoms with Gasteiger partial charge in [0, 0.05) is 30.5 Å². The predicted octanol–water partition coefficient (Wildman–Crippen LogP) is 3.73. The molecule has 2 aromatic rings. The molecule has 0 fully saturated rings. The lowest BCUT2D eigenvalue weighted by Gasteiger charge is -2.10. The van der Waals surface area contributed by atoms with Crippen LogP contribution in [-0.2, 0) is 6.54 Å². The van der Waals surface area contributed by atoms with Crippen LogP contribution in [0.25, 0.3) is 0 Å². The van der Waals surface area contributed by atoms with Gasteiger partial charge in [-0.1, -0.05) is 43.6 Å². The van der Waals surface area contributed by atoms with E-state index >= 15 is 0 Å². The number of pyridine rings is 1. The Morgan fingerprint density at radius 1 is 1.27 bits per heavy atom. The third-order valence-electron chi connectivity index (χ3n) is 3.11. The van der Waals surface area contributed by atoms with Crippen LogP contribution < -0.4 is 10.6 Å². The van der Waals surface area contributed by atoms with Gasteiger partial charge in [0.25, 0.3) is 5.91 Å². The lowest BCUT2D eigenvalue weighted by Crippen LogP contribution is -2.27. The quantitative estimate of drug-likeness (QED) is 0.853. The summed E-state index contributed by atoms with van der Waals surface area (Å²) >= 11 is 6.12. The Bertz CT molecular complexity index is 643. The number of nitrogens with one attached hydrogen (secondary N) is 2. The number of halogens is 1. The van der Waals surface area contributed by atoms with E-state index in [0.717, 1.165) is 11.3 Å². The minimum atomic E-state index is -0.109. The molecule has 0 radical (unpaired) electrons. The highest BCUT2D eigenvalue weighted by molar-refractivity contribution is 6.31. The van der Waals surface area contributed by atoms with Gasteiger partial charge in [-0.05, 0) is 23.6 Å². The molecule has 2 rings (SSSR count). The van der Waals surface area contributed by atoms with Crippen LogP contribution in [0.5, 0.6) is 0 Å². The van der Waals surface area contributed by atoms with Crippen molar-refractivity contribution in [3.63, 3.8) is 0 Å². The molecule has 5 heteroatoms. The summed E-state index contributed by atoms with van der Waals surface area (Å²) < 4.78 is 0. The maximum absolute atomic E-state index is 12.0. The van der Waals surface area contributed by atoms with E-state index in [2.05, 4.69) is 29.5 Å². The van der Waals surface area contributed by atoms with E-state index in [4.69, 9.17) is 11.6 Å². The van der Waals surface area contributed by atoms with Crippen LogP contribution in [0.3, 0.4) is 0 Å². The van der Waals surface area contributed by atoms with E-state index in [1.165, 1.54) is 0 Å². The van der Waals surface area contributed by atoms with E-state index in [1.807, 2.05) is 24.3 Å². The molecule has 0 atom stereocenters. The van der Waals surface area contributed by atoms with Crippen molar-refractivity contribution in [2.75, 3.05) is 11.9 Å². The number of benzene rings is 1. The molecule has 0 saturated heterocycles. The van der Waals surface area contributed by atoms with Crippen molar-refractivity contribution in [2.24, 2.45) is 5.92 Å². The smallest absolute Gasteiger partial charge is 0.252 e. The Kier molecular flexibility index (Phi) is 5.78. The van der Waals surface area contributed by atoms with Gasteiger partial charge in [0.05, 0.1) is 11.3 Å². The molecular formula is C17H20ClN3O. The second kappa shape index (κ2) is 7.80. The van der Waals surface area contributed by atoms with Crippen LogP contribution in [0.1, 0.15) is 29.8 Å². The van der Waals surface area contributed by atoms with Crippen molar-refractivity contribution >= 4 is 23.2 Å². The van der Waals surface area contributed by atoms with E-state index < -0.39 is 0 Å². The standard InChI is InChI=1S/C17H20ClN3O/c1-12(2)8-21-17(22)14-7-15(11-19-9-14)20-10-13-5-3-4-6-16(13)18/h3-7,9,11-12,20H,8,10H2,1-2H3,(H,21,22). The summed E-state index contributed by atoms with van der Waals surface area (Å²) in [6.45, 7) is 5.34. The molecule has 0 aliphatic carbocycles. The molecule has 0 bridgehead atoms. The summed E-state index contributed by atoms with van der Waals surface area (Å²) in [6.07, 6.45) is 3.26. The molecule has 1 amide bonds. The second-order valence-corrected chi connectivity index (χ2v) is 5.92. The van der Waals surface area contributed by atoms with Crippen molar-refractivity contribution < 1.29 is 4.79 Å². The topological polar surface area (TPSA) is 54.0 Å². The Morgan fingerprint density at radius 3 is 2.77 bits per heavy atom. The Labute approximate surface area is 135 Å². The minimum Gasteiger partial charge on any atom is -0.380 e. The van der Waals surface area contributed by atoms with Gasteiger partial charge in [0.2, 0.25) is 0 Å². The number of amides is 1. The maximum Gasteiger partial charge on any atom is 0.252 e. The molecular weight excluding hydrogens is 298 g/mol. The largest absolute Gasteiger partial charge is 0.380 e. The first-order valence-electron chi connectivity index (χ1n) is 7.27. The minimum absolute atomic E-state index is 0.109. The Balaban J connectivity index is 1.99. The van der Waals surface area contributed by atoms with Gasteiger partial charge in [-0.15, -0.1) is 0 Å². The summed E-state index contributed by atoms with van der Waals surface area (Å²) in [5.41, 5.74) is 2.33. The van der Waals surface area contributed by atoms with E-state index in [0.29, 0.717) is 29.6 Å². The van der Waals surface area contributed by atoms with Crippen LogP contribution in [0.2, 0.25) is 5.02 Å². The van der Waals surface area contributed by atoms with Crippen LogP contribution in [0, 0.1) is 5.92 Å². The first kappa shape index (κ1) is 16.3. The number of carbonyl (C=O) groups excluding carboxylic acids is 1. The number of hydrogen-bond donors (Lipinski definition) is 2. The maximum atomic E-state index is 12.0. The van der Waals surface area contributed by atoms with Gasteiger partial charge in [-0.3, -0.25) is 9.78 Å². The third kappa shape index (κ3) is 4.74. The Hall–Kier alpha value is -2.07. The van der Waals surface area contributed by atoms with Crippen molar-refractivity contribution in [2.45, 2.75) is 20.4 Å². The molecule has 0 saturated carbocycles. The van der Waals surface area contributed by atoms with E-state index in [-0.39, 0.29) is 5.91 Å². The molecule has 2 N–H and O–H groups in total. The predicted molar refractivity (Wildman–Crippen MR) is 90.2 cm³/mol. The summed E-state index contributed by atoms with van der Waals surface area (Å²) in [5, 5.41) is 6.83. The highest BCUT2D eigenvalue weighted by Gasteiger charge is 2.07. The van der Waals surface area contributed by atoms with Crippen LogP contribution in [-0.4, -0.2) is 17.4 Å². The average Bonchev–Trinajstić information content (AvgIpc) is 2.52. The third-order valence-corrected chi connectivity index (χ3v) is 3.48. The van der Waals surface area contributed by atoms with Gasteiger partial charge in [-0.25, -0.2) is 0 Å². The SMILES string of the molecule is CC(C)CNC(=O)c1cncc(NCc2ccccc2Cl)c1. The van der Waals surface area contributed by atoms with Crippen LogP contribution in [0.4, 0.5) is 5.69 Å². The molecule has 1 aromatic carbocycles. The zero-order chi connectivity index (χ0) is 15.9. The van der Waals surface area contributed by atoms with Crippen LogP contribution in [0.15, 0.2) is 42.7 Å². The van der Waals surface area contributed by atoms with Crippen molar-refractivity contribution in [1.29, 1.82) is 0 Å². The van der Waals surface area contributed by atoms with E-state index in [1.54, 1.807) is 18.5 Å².